The molecule has 0 fully saturated rings. The standard InChI is InChI=1S/C17H18ClNO/c18-15-8-4-5-13(11-15)12-16(20)9-10-17(19)14-6-2-1-3-7-14/h1-8,11,17H,9-10,12,19H2. The first-order valence-corrected chi connectivity index (χ1v) is 7.09. The summed E-state index contributed by atoms with van der Waals surface area (Å²) in [5.74, 6) is 0.193. The van der Waals surface area contributed by atoms with Gasteiger partial charge in [-0.2, -0.15) is 0 Å². The molecule has 0 saturated carbocycles. The van der Waals surface area contributed by atoms with Crippen molar-refractivity contribution in [1.82, 2.24) is 0 Å². The molecule has 0 spiro atoms. The fourth-order valence-corrected chi connectivity index (χ4v) is 2.36. The predicted molar refractivity (Wildman–Crippen MR) is 82.8 cm³/mol. The van der Waals surface area contributed by atoms with Crippen LogP contribution < -0.4 is 5.73 Å². The van der Waals surface area contributed by atoms with Crippen LogP contribution >= 0.6 is 11.6 Å². The van der Waals surface area contributed by atoms with Crippen LogP contribution in [-0.4, -0.2) is 5.78 Å². The zero-order chi connectivity index (χ0) is 14.4. The Bertz CT molecular complexity index is 568. The van der Waals surface area contributed by atoms with E-state index in [1.165, 1.54) is 0 Å². The molecule has 0 heterocycles. The van der Waals surface area contributed by atoms with Crippen LogP contribution in [0.15, 0.2) is 54.6 Å². The van der Waals surface area contributed by atoms with Gasteiger partial charge in [-0.15, -0.1) is 0 Å². The molecule has 2 nitrogen and oxygen atoms in total. The zero-order valence-electron chi connectivity index (χ0n) is 11.3. The summed E-state index contributed by atoms with van der Waals surface area (Å²) >= 11 is 5.90. The van der Waals surface area contributed by atoms with Gasteiger partial charge in [0.15, 0.2) is 0 Å². The smallest absolute Gasteiger partial charge is 0.137 e. The fraction of sp³-hybridized carbons (Fsp3) is 0.235. The predicted octanol–water partition coefficient (Wildman–Crippen LogP) is 3.93. The van der Waals surface area contributed by atoms with E-state index in [4.69, 9.17) is 17.3 Å². The number of ketones is 1. The minimum Gasteiger partial charge on any atom is -0.324 e. The van der Waals surface area contributed by atoms with E-state index in [9.17, 15) is 4.79 Å². The molecule has 104 valence electrons. The van der Waals surface area contributed by atoms with Crippen LogP contribution in [0.2, 0.25) is 5.02 Å². The third-order valence-corrected chi connectivity index (χ3v) is 3.49. The van der Waals surface area contributed by atoms with E-state index < -0.39 is 0 Å². The van der Waals surface area contributed by atoms with Crippen molar-refractivity contribution < 1.29 is 4.79 Å². The van der Waals surface area contributed by atoms with E-state index in [0.717, 1.165) is 11.1 Å². The SMILES string of the molecule is NC(CCC(=O)Cc1cccc(Cl)c1)c1ccccc1. The molecule has 0 radical (unpaired) electrons. The Balaban J connectivity index is 1.83. The van der Waals surface area contributed by atoms with Crippen molar-refractivity contribution in [2.24, 2.45) is 5.73 Å². The number of hydrogen-bond donors (Lipinski definition) is 1. The molecule has 2 N–H and O–H groups in total. The van der Waals surface area contributed by atoms with E-state index in [-0.39, 0.29) is 11.8 Å². The molecule has 0 saturated heterocycles. The number of hydrogen-bond acceptors (Lipinski definition) is 2. The Morgan fingerprint density at radius 2 is 1.85 bits per heavy atom. The summed E-state index contributed by atoms with van der Waals surface area (Å²) in [5, 5.41) is 0.663. The highest BCUT2D eigenvalue weighted by atomic mass is 35.5. The second-order valence-corrected chi connectivity index (χ2v) is 5.34. The first kappa shape index (κ1) is 14.8. The largest absolute Gasteiger partial charge is 0.324 e. The van der Waals surface area contributed by atoms with Crippen LogP contribution in [0.1, 0.15) is 30.0 Å². The van der Waals surface area contributed by atoms with Gasteiger partial charge in [-0.3, -0.25) is 4.79 Å². The molecular weight excluding hydrogens is 270 g/mol. The fourth-order valence-electron chi connectivity index (χ4n) is 2.15. The monoisotopic (exact) mass is 287 g/mol. The van der Waals surface area contributed by atoms with Gasteiger partial charge < -0.3 is 5.73 Å². The molecule has 3 heteroatoms. The lowest BCUT2D eigenvalue weighted by atomic mass is 9.99. The molecule has 0 aliphatic rings. The minimum atomic E-state index is -0.0838. The highest BCUT2D eigenvalue weighted by Gasteiger charge is 2.09. The highest BCUT2D eigenvalue weighted by molar-refractivity contribution is 6.30. The lowest BCUT2D eigenvalue weighted by Crippen LogP contribution is -2.13. The number of rotatable bonds is 6. The summed E-state index contributed by atoms with van der Waals surface area (Å²) in [6.07, 6.45) is 1.58. The number of halogens is 1. The zero-order valence-corrected chi connectivity index (χ0v) is 12.0. The van der Waals surface area contributed by atoms with Crippen molar-refractivity contribution in [2.45, 2.75) is 25.3 Å². The van der Waals surface area contributed by atoms with Crippen molar-refractivity contribution in [3.05, 3.63) is 70.7 Å². The maximum absolute atomic E-state index is 12.0. The molecule has 0 amide bonds. The van der Waals surface area contributed by atoms with Gasteiger partial charge in [-0.1, -0.05) is 54.1 Å². The maximum Gasteiger partial charge on any atom is 0.137 e. The van der Waals surface area contributed by atoms with Gasteiger partial charge in [0.1, 0.15) is 5.78 Å². The average molecular weight is 288 g/mol. The molecule has 0 aromatic heterocycles. The summed E-state index contributed by atoms with van der Waals surface area (Å²) in [7, 11) is 0. The molecule has 1 atom stereocenters. The Kier molecular flexibility index (Phi) is 5.33. The summed E-state index contributed by atoms with van der Waals surface area (Å²) < 4.78 is 0. The van der Waals surface area contributed by atoms with Gasteiger partial charge >= 0.3 is 0 Å². The molecule has 0 bridgehead atoms. The summed E-state index contributed by atoms with van der Waals surface area (Å²) in [6, 6.07) is 17.2. The van der Waals surface area contributed by atoms with Gasteiger partial charge in [0.05, 0.1) is 0 Å². The second kappa shape index (κ2) is 7.22. The quantitative estimate of drug-likeness (QED) is 0.875. The molecule has 2 aromatic rings. The van der Waals surface area contributed by atoms with Gasteiger partial charge in [0.2, 0.25) is 0 Å². The van der Waals surface area contributed by atoms with E-state index in [0.29, 0.717) is 24.3 Å². The van der Waals surface area contributed by atoms with E-state index in [2.05, 4.69) is 0 Å². The van der Waals surface area contributed by atoms with Crippen LogP contribution in [0.5, 0.6) is 0 Å². The van der Waals surface area contributed by atoms with Crippen molar-refractivity contribution >= 4 is 17.4 Å². The lowest BCUT2D eigenvalue weighted by Gasteiger charge is -2.11. The van der Waals surface area contributed by atoms with Crippen molar-refractivity contribution in [3.63, 3.8) is 0 Å². The number of benzene rings is 2. The van der Waals surface area contributed by atoms with Crippen molar-refractivity contribution in [2.75, 3.05) is 0 Å². The lowest BCUT2D eigenvalue weighted by molar-refractivity contribution is -0.118. The molecule has 0 aliphatic heterocycles. The van der Waals surface area contributed by atoms with Gasteiger partial charge in [-0.25, -0.2) is 0 Å². The molecule has 0 aliphatic carbocycles. The third kappa shape index (κ3) is 4.48. The molecular formula is C17H18ClNO. The van der Waals surface area contributed by atoms with Crippen LogP contribution in [0.4, 0.5) is 0 Å². The van der Waals surface area contributed by atoms with Crippen molar-refractivity contribution in [3.8, 4) is 0 Å². The van der Waals surface area contributed by atoms with Crippen LogP contribution in [0.3, 0.4) is 0 Å². The Hall–Kier alpha value is -1.64. The summed E-state index contributed by atoms with van der Waals surface area (Å²) in [5.41, 5.74) is 8.11. The molecule has 1 unspecified atom stereocenters. The third-order valence-electron chi connectivity index (χ3n) is 3.25. The second-order valence-electron chi connectivity index (χ2n) is 4.90. The average Bonchev–Trinajstić information content (AvgIpc) is 2.46. The van der Waals surface area contributed by atoms with E-state index in [1.54, 1.807) is 6.07 Å². The molecule has 2 aromatic carbocycles. The number of Topliss-reactive ketones (excluding diaryl/α,β-unsaturated/α-hetero) is 1. The number of carbonyl (C=O) groups is 1. The molecule has 2 rings (SSSR count). The van der Waals surface area contributed by atoms with Crippen LogP contribution in [0.25, 0.3) is 0 Å². The summed E-state index contributed by atoms with van der Waals surface area (Å²) in [6.45, 7) is 0. The van der Waals surface area contributed by atoms with Crippen LogP contribution in [-0.2, 0) is 11.2 Å². The van der Waals surface area contributed by atoms with E-state index >= 15 is 0 Å². The Labute approximate surface area is 124 Å². The number of nitrogens with two attached hydrogens (primary N) is 1. The summed E-state index contributed by atoms with van der Waals surface area (Å²) in [4.78, 5) is 12.0. The molecule has 20 heavy (non-hydrogen) atoms. The van der Waals surface area contributed by atoms with E-state index in [1.807, 2.05) is 48.5 Å². The number of carbonyl (C=O) groups excluding carboxylic acids is 1. The first-order chi connectivity index (χ1) is 9.65. The van der Waals surface area contributed by atoms with Gasteiger partial charge in [0.25, 0.3) is 0 Å². The van der Waals surface area contributed by atoms with Crippen LogP contribution in [0, 0.1) is 0 Å². The maximum atomic E-state index is 12.0. The Morgan fingerprint density at radius 1 is 1.10 bits per heavy atom. The van der Waals surface area contributed by atoms with Gasteiger partial charge in [0, 0.05) is 23.9 Å². The topological polar surface area (TPSA) is 43.1 Å². The first-order valence-electron chi connectivity index (χ1n) is 6.72. The normalized spacial score (nSPS) is 12.1. The van der Waals surface area contributed by atoms with Crippen molar-refractivity contribution in [1.29, 1.82) is 0 Å². The minimum absolute atomic E-state index is 0.0838. The Morgan fingerprint density at radius 3 is 2.55 bits per heavy atom. The highest BCUT2D eigenvalue weighted by Crippen LogP contribution is 2.17. The van der Waals surface area contributed by atoms with Gasteiger partial charge in [-0.05, 0) is 29.7 Å².